The average Bonchev–Trinajstić information content (AvgIpc) is 3.10. The van der Waals surface area contributed by atoms with E-state index in [-0.39, 0.29) is 24.9 Å². The standard InChI is InChI=1S/C23H18BrFN2O3/c24-15-8-14(6-7-16(15)25)20-21-17(26-18-12-30-23(29)22(18)20)10-27(11-19(21)28)9-13-4-2-1-3-5-13/h1-8,20,22H,9-12H2. The molecule has 3 heterocycles. The molecule has 0 aromatic heterocycles. The van der Waals surface area contributed by atoms with Gasteiger partial charge in [0.15, 0.2) is 5.78 Å². The number of cyclic esters (lactones) is 1. The molecule has 0 bridgehead atoms. The highest BCUT2D eigenvalue weighted by Gasteiger charge is 2.48. The molecule has 1 fully saturated rings. The molecule has 1 saturated heterocycles. The van der Waals surface area contributed by atoms with Gasteiger partial charge in [0.2, 0.25) is 0 Å². The molecule has 0 radical (unpaired) electrons. The second-order valence-electron chi connectivity index (χ2n) is 7.75. The summed E-state index contributed by atoms with van der Waals surface area (Å²) in [5, 5.41) is 0. The highest BCUT2D eigenvalue weighted by atomic mass is 79.9. The predicted molar refractivity (Wildman–Crippen MR) is 112 cm³/mol. The number of hydrogen-bond acceptors (Lipinski definition) is 5. The van der Waals surface area contributed by atoms with Crippen molar-refractivity contribution in [2.45, 2.75) is 12.5 Å². The molecule has 30 heavy (non-hydrogen) atoms. The van der Waals surface area contributed by atoms with Crippen LogP contribution in [0.15, 0.2) is 69.3 Å². The minimum Gasteiger partial charge on any atom is -0.459 e. The Kier molecular flexibility index (Phi) is 4.87. The summed E-state index contributed by atoms with van der Waals surface area (Å²) in [6.45, 7) is 1.53. The average molecular weight is 469 g/mol. The maximum atomic E-state index is 13.8. The summed E-state index contributed by atoms with van der Waals surface area (Å²) in [7, 11) is 0. The van der Waals surface area contributed by atoms with Crippen molar-refractivity contribution in [1.82, 2.24) is 4.90 Å². The van der Waals surface area contributed by atoms with E-state index in [1.165, 1.54) is 6.07 Å². The second kappa shape index (κ2) is 7.56. The minimum absolute atomic E-state index is 0.0554. The number of aliphatic imine (C=N–C) groups is 1. The quantitative estimate of drug-likeness (QED) is 0.645. The number of ketones is 1. The third kappa shape index (κ3) is 3.32. The number of carbonyl (C=O) groups is 2. The Morgan fingerprint density at radius 1 is 1.10 bits per heavy atom. The van der Waals surface area contributed by atoms with Crippen LogP contribution in [0.2, 0.25) is 0 Å². The summed E-state index contributed by atoms with van der Waals surface area (Å²) in [6.07, 6.45) is 0. The van der Waals surface area contributed by atoms with Crippen LogP contribution in [-0.2, 0) is 20.9 Å². The van der Waals surface area contributed by atoms with E-state index in [0.29, 0.717) is 40.1 Å². The lowest BCUT2D eigenvalue weighted by molar-refractivity contribution is -0.141. The first kappa shape index (κ1) is 19.3. The molecule has 0 amide bonds. The number of hydrogen-bond donors (Lipinski definition) is 0. The van der Waals surface area contributed by atoms with Crippen LogP contribution in [0, 0.1) is 11.7 Å². The zero-order valence-electron chi connectivity index (χ0n) is 16.0. The molecule has 7 heteroatoms. The number of fused-ring (bicyclic) bond motifs is 1. The number of Topliss-reactive ketones (excluding diaryl/α,β-unsaturated/α-hetero) is 1. The Labute approximate surface area is 181 Å². The molecule has 0 saturated carbocycles. The van der Waals surface area contributed by atoms with Crippen molar-refractivity contribution in [3.63, 3.8) is 0 Å². The molecule has 2 atom stereocenters. The predicted octanol–water partition coefficient (Wildman–Crippen LogP) is 3.64. The maximum absolute atomic E-state index is 13.8. The van der Waals surface area contributed by atoms with Crippen molar-refractivity contribution in [3.8, 4) is 0 Å². The van der Waals surface area contributed by atoms with Crippen LogP contribution >= 0.6 is 15.9 Å². The van der Waals surface area contributed by atoms with E-state index < -0.39 is 17.7 Å². The van der Waals surface area contributed by atoms with E-state index in [0.717, 1.165) is 5.56 Å². The molecule has 2 aromatic carbocycles. The molecule has 0 spiro atoms. The first-order valence-electron chi connectivity index (χ1n) is 9.73. The van der Waals surface area contributed by atoms with Crippen molar-refractivity contribution in [1.29, 1.82) is 0 Å². The van der Waals surface area contributed by atoms with Gasteiger partial charge in [0.1, 0.15) is 18.3 Å². The second-order valence-corrected chi connectivity index (χ2v) is 8.61. The number of ether oxygens (including phenoxy) is 1. The number of carbonyl (C=O) groups excluding carboxylic acids is 2. The van der Waals surface area contributed by atoms with Crippen molar-refractivity contribution >= 4 is 33.4 Å². The molecule has 2 aromatic rings. The van der Waals surface area contributed by atoms with Crippen LogP contribution in [0.3, 0.4) is 0 Å². The van der Waals surface area contributed by atoms with Gasteiger partial charge in [-0.1, -0.05) is 36.4 Å². The van der Waals surface area contributed by atoms with Gasteiger partial charge in [-0.25, -0.2) is 4.39 Å². The highest BCUT2D eigenvalue weighted by molar-refractivity contribution is 9.10. The molecule has 5 nitrogen and oxygen atoms in total. The fourth-order valence-corrected chi connectivity index (χ4v) is 4.90. The van der Waals surface area contributed by atoms with E-state index in [1.807, 2.05) is 30.3 Å². The van der Waals surface area contributed by atoms with Crippen LogP contribution in [0.25, 0.3) is 0 Å². The molecule has 152 valence electrons. The van der Waals surface area contributed by atoms with Gasteiger partial charge in [0, 0.05) is 24.6 Å². The van der Waals surface area contributed by atoms with E-state index >= 15 is 0 Å². The van der Waals surface area contributed by atoms with Crippen LogP contribution in [-0.4, -0.2) is 42.1 Å². The zero-order chi connectivity index (χ0) is 20.8. The third-order valence-corrected chi connectivity index (χ3v) is 6.41. The molecule has 5 rings (SSSR count). The number of rotatable bonds is 3. The maximum Gasteiger partial charge on any atom is 0.316 e. The SMILES string of the molecule is O=C1CN(Cc2ccccc2)CC2=C1C(c1ccc(F)c(Br)c1)C1C(=O)OCC1=N2. The Hall–Kier alpha value is -2.64. The van der Waals surface area contributed by atoms with Gasteiger partial charge in [0.05, 0.1) is 22.4 Å². The molecule has 2 unspecified atom stereocenters. The van der Waals surface area contributed by atoms with Crippen molar-refractivity contribution in [2.24, 2.45) is 10.9 Å². The Morgan fingerprint density at radius 3 is 2.67 bits per heavy atom. The van der Waals surface area contributed by atoms with Gasteiger partial charge < -0.3 is 4.74 Å². The summed E-state index contributed by atoms with van der Waals surface area (Å²) in [4.78, 5) is 32.5. The van der Waals surface area contributed by atoms with Gasteiger partial charge in [-0.05, 0) is 39.2 Å². The van der Waals surface area contributed by atoms with Gasteiger partial charge in [-0.15, -0.1) is 0 Å². The molecule has 0 N–H and O–H groups in total. The monoisotopic (exact) mass is 468 g/mol. The molecule has 3 aliphatic heterocycles. The number of halogens is 2. The number of benzene rings is 2. The lowest BCUT2D eigenvalue weighted by Crippen LogP contribution is -2.43. The van der Waals surface area contributed by atoms with E-state index in [1.54, 1.807) is 12.1 Å². The summed E-state index contributed by atoms with van der Waals surface area (Å²) >= 11 is 3.22. The summed E-state index contributed by atoms with van der Waals surface area (Å²) in [5.74, 6) is -1.97. The van der Waals surface area contributed by atoms with Crippen molar-refractivity contribution in [2.75, 3.05) is 19.7 Å². The van der Waals surface area contributed by atoms with Crippen LogP contribution in [0.1, 0.15) is 17.0 Å². The van der Waals surface area contributed by atoms with Crippen LogP contribution in [0.4, 0.5) is 4.39 Å². The van der Waals surface area contributed by atoms with Crippen molar-refractivity contribution < 1.29 is 18.7 Å². The zero-order valence-corrected chi connectivity index (χ0v) is 17.6. The lowest BCUT2D eigenvalue weighted by Gasteiger charge is -2.36. The molecular weight excluding hydrogens is 451 g/mol. The van der Waals surface area contributed by atoms with Crippen LogP contribution in [0.5, 0.6) is 0 Å². The first-order chi connectivity index (χ1) is 14.5. The smallest absolute Gasteiger partial charge is 0.316 e. The van der Waals surface area contributed by atoms with Crippen LogP contribution < -0.4 is 0 Å². The van der Waals surface area contributed by atoms with Crippen molar-refractivity contribution in [3.05, 3.63) is 81.2 Å². The van der Waals surface area contributed by atoms with E-state index in [9.17, 15) is 14.0 Å². The summed E-state index contributed by atoms with van der Waals surface area (Å²) in [5.41, 5.74) is 3.69. The number of nitrogens with zero attached hydrogens (tertiary/aromatic N) is 2. The fourth-order valence-electron chi connectivity index (χ4n) is 4.50. The largest absolute Gasteiger partial charge is 0.459 e. The Balaban J connectivity index is 1.55. The summed E-state index contributed by atoms with van der Waals surface area (Å²) in [6, 6.07) is 14.6. The third-order valence-electron chi connectivity index (χ3n) is 5.80. The first-order valence-corrected chi connectivity index (χ1v) is 10.5. The Morgan fingerprint density at radius 2 is 1.90 bits per heavy atom. The summed E-state index contributed by atoms with van der Waals surface area (Å²) < 4.78 is 19.4. The lowest BCUT2D eigenvalue weighted by atomic mass is 9.74. The Bertz CT molecular complexity index is 1110. The van der Waals surface area contributed by atoms with Gasteiger partial charge in [-0.3, -0.25) is 19.5 Å². The fraction of sp³-hybridized carbons (Fsp3) is 0.261. The molecule has 3 aliphatic rings. The van der Waals surface area contributed by atoms with Gasteiger partial charge >= 0.3 is 5.97 Å². The normalized spacial score (nSPS) is 23.7. The van der Waals surface area contributed by atoms with Gasteiger partial charge in [0.25, 0.3) is 0 Å². The minimum atomic E-state index is -0.634. The van der Waals surface area contributed by atoms with E-state index in [4.69, 9.17) is 4.74 Å². The van der Waals surface area contributed by atoms with E-state index in [2.05, 4.69) is 25.8 Å². The molecular formula is C23H18BrFN2O3. The highest BCUT2D eigenvalue weighted by Crippen LogP contribution is 2.44. The number of esters is 1. The van der Waals surface area contributed by atoms with Gasteiger partial charge in [-0.2, -0.15) is 0 Å². The molecule has 0 aliphatic carbocycles. The topological polar surface area (TPSA) is 59.0 Å².